The van der Waals surface area contributed by atoms with Gasteiger partial charge in [0, 0.05) is 12.5 Å². The van der Waals surface area contributed by atoms with Crippen LogP contribution in [0.25, 0.3) is 0 Å². The molecular weight excluding hydrogens is 582 g/mol. The number of alkyl carbamates (subject to hydrolysis) is 1. The van der Waals surface area contributed by atoms with Crippen molar-refractivity contribution in [2.75, 3.05) is 0 Å². The average molecular weight is 636 g/mol. The third-order valence-electron chi connectivity index (χ3n) is 8.04. The molecule has 9 heteroatoms. The highest BCUT2D eigenvalue weighted by Crippen LogP contribution is 2.41. The van der Waals surface area contributed by atoms with Crippen molar-refractivity contribution in [3.05, 3.63) is 71.3 Å². The van der Waals surface area contributed by atoms with Crippen molar-refractivity contribution in [3.8, 4) is 0 Å². The molecule has 1 fully saturated rings. The molecule has 252 valence electrons. The normalized spacial score (nSPS) is 18.7. The van der Waals surface area contributed by atoms with Gasteiger partial charge in [-0.3, -0.25) is 9.59 Å². The molecule has 1 saturated carbocycles. The van der Waals surface area contributed by atoms with Crippen LogP contribution in [0, 0.1) is 18.8 Å². The number of carbonyl (C=O) groups excluding carboxylic acids is 4. The third-order valence-corrected chi connectivity index (χ3v) is 8.04. The van der Waals surface area contributed by atoms with Crippen molar-refractivity contribution >= 4 is 23.9 Å². The molecule has 0 spiro atoms. The molecule has 46 heavy (non-hydrogen) atoms. The quantitative estimate of drug-likeness (QED) is 0.265. The number of ether oxygens (including phenoxy) is 2. The Morgan fingerprint density at radius 3 is 1.96 bits per heavy atom. The summed E-state index contributed by atoms with van der Waals surface area (Å²) in [5.41, 5.74) is 0.943. The Kier molecular flexibility index (Phi) is 12.0. The van der Waals surface area contributed by atoms with Gasteiger partial charge in [-0.15, -0.1) is 0 Å². The van der Waals surface area contributed by atoms with Crippen LogP contribution < -0.4 is 10.6 Å². The SMILES string of the molecule is CCC(C)C(NC(=O)OC(C)(C)C)C(=O)N(C(C(=O)NC(Cc1ccccc1)C(=O)OC(C)(C)C)c1ccc(C)cc1)C1CC1C. The number of rotatable bonds is 12. The van der Waals surface area contributed by atoms with Gasteiger partial charge in [0.05, 0.1) is 0 Å². The predicted molar refractivity (Wildman–Crippen MR) is 179 cm³/mol. The van der Waals surface area contributed by atoms with Crippen LogP contribution in [0.15, 0.2) is 54.6 Å². The molecule has 0 heterocycles. The van der Waals surface area contributed by atoms with E-state index in [-0.39, 0.29) is 30.2 Å². The van der Waals surface area contributed by atoms with Gasteiger partial charge < -0.3 is 25.0 Å². The second kappa shape index (κ2) is 15.1. The van der Waals surface area contributed by atoms with Crippen LogP contribution in [-0.2, 0) is 30.3 Å². The van der Waals surface area contributed by atoms with Crippen molar-refractivity contribution in [2.24, 2.45) is 11.8 Å². The van der Waals surface area contributed by atoms with Gasteiger partial charge in [-0.25, -0.2) is 9.59 Å². The fourth-order valence-corrected chi connectivity index (χ4v) is 5.30. The van der Waals surface area contributed by atoms with E-state index < -0.39 is 47.3 Å². The minimum absolute atomic E-state index is 0.148. The Morgan fingerprint density at radius 1 is 0.891 bits per heavy atom. The van der Waals surface area contributed by atoms with Crippen LogP contribution >= 0.6 is 0 Å². The second-order valence-corrected chi connectivity index (χ2v) is 14.6. The summed E-state index contributed by atoms with van der Waals surface area (Å²) in [7, 11) is 0. The minimum atomic E-state index is -1.06. The van der Waals surface area contributed by atoms with E-state index in [4.69, 9.17) is 9.47 Å². The van der Waals surface area contributed by atoms with E-state index in [1.54, 1.807) is 46.4 Å². The molecule has 0 aromatic heterocycles. The number of hydrogen-bond acceptors (Lipinski definition) is 6. The first-order valence-electron chi connectivity index (χ1n) is 16.4. The lowest BCUT2D eigenvalue weighted by atomic mass is 9.95. The number of hydrogen-bond donors (Lipinski definition) is 2. The van der Waals surface area contributed by atoms with Crippen molar-refractivity contribution in [2.45, 2.75) is 124 Å². The topological polar surface area (TPSA) is 114 Å². The molecule has 6 atom stereocenters. The van der Waals surface area contributed by atoms with Crippen molar-refractivity contribution < 1.29 is 28.7 Å². The average Bonchev–Trinajstić information content (AvgIpc) is 3.68. The highest BCUT2D eigenvalue weighted by atomic mass is 16.6. The molecule has 6 unspecified atom stereocenters. The fraction of sp³-hybridized carbons (Fsp3) is 0.568. The van der Waals surface area contributed by atoms with E-state index in [2.05, 4.69) is 10.6 Å². The first kappa shape index (κ1) is 36.6. The molecule has 0 bridgehead atoms. The number of esters is 1. The molecule has 0 aliphatic heterocycles. The Morgan fingerprint density at radius 2 is 1.46 bits per heavy atom. The lowest BCUT2D eigenvalue weighted by molar-refractivity contribution is -0.159. The Balaban J connectivity index is 2.07. The van der Waals surface area contributed by atoms with Gasteiger partial charge in [-0.05, 0) is 77.8 Å². The van der Waals surface area contributed by atoms with Crippen molar-refractivity contribution in [3.63, 3.8) is 0 Å². The molecule has 2 N–H and O–H groups in total. The van der Waals surface area contributed by atoms with E-state index >= 15 is 0 Å². The van der Waals surface area contributed by atoms with Crippen molar-refractivity contribution in [1.82, 2.24) is 15.5 Å². The molecule has 3 rings (SSSR count). The Hall–Kier alpha value is -3.88. The predicted octanol–water partition coefficient (Wildman–Crippen LogP) is 6.28. The summed E-state index contributed by atoms with van der Waals surface area (Å²) >= 11 is 0. The van der Waals surface area contributed by atoms with E-state index in [9.17, 15) is 19.2 Å². The maximum atomic E-state index is 14.6. The van der Waals surface area contributed by atoms with Crippen LogP contribution in [0.2, 0.25) is 0 Å². The van der Waals surface area contributed by atoms with Crippen LogP contribution in [-0.4, -0.2) is 58.1 Å². The summed E-state index contributed by atoms with van der Waals surface area (Å²) in [6, 6.07) is 13.7. The summed E-state index contributed by atoms with van der Waals surface area (Å²) < 4.78 is 11.3. The van der Waals surface area contributed by atoms with E-state index in [1.165, 1.54) is 0 Å². The monoisotopic (exact) mass is 635 g/mol. The maximum absolute atomic E-state index is 14.6. The summed E-state index contributed by atoms with van der Waals surface area (Å²) in [4.78, 5) is 57.2. The van der Waals surface area contributed by atoms with Crippen LogP contribution in [0.3, 0.4) is 0 Å². The van der Waals surface area contributed by atoms with E-state index in [0.29, 0.717) is 18.4 Å². The molecule has 2 aromatic carbocycles. The maximum Gasteiger partial charge on any atom is 0.408 e. The van der Waals surface area contributed by atoms with Crippen LogP contribution in [0.5, 0.6) is 0 Å². The van der Waals surface area contributed by atoms with Crippen LogP contribution in [0.1, 0.15) is 97.9 Å². The zero-order valence-corrected chi connectivity index (χ0v) is 29.2. The number of benzene rings is 2. The first-order valence-corrected chi connectivity index (χ1v) is 16.4. The smallest absolute Gasteiger partial charge is 0.408 e. The first-order chi connectivity index (χ1) is 21.4. The van der Waals surface area contributed by atoms with E-state index in [1.807, 2.05) is 82.3 Å². The van der Waals surface area contributed by atoms with Gasteiger partial charge in [-0.2, -0.15) is 0 Å². The molecule has 3 amide bonds. The second-order valence-electron chi connectivity index (χ2n) is 14.6. The fourth-order valence-electron chi connectivity index (χ4n) is 5.30. The highest BCUT2D eigenvalue weighted by Gasteiger charge is 2.49. The van der Waals surface area contributed by atoms with Gasteiger partial charge in [0.25, 0.3) is 0 Å². The number of nitrogens with zero attached hydrogens (tertiary/aromatic N) is 1. The molecular formula is C37H53N3O6. The molecule has 0 radical (unpaired) electrons. The number of aryl methyl sites for hydroxylation is 1. The lowest BCUT2D eigenvalue weighted by Crippen LogP contribution is -2.57. The molecule has 2 aromatic rings. The molecule has 9 nitrogen and oxygen atoms in total. The van der Waals surface area contributed by atoms with Gasteiger partial charge >= 0.3 is 12.1 Å². The number of amides is 3. The zero-order chi connectivity index (χ0) is 34.4. The standard InChI is InChI=1S/C37H53N3O6/c1-11-24(3)30(39-35(44)46-37(8,9)10)33(42)40(29-21-25(29)4)31(27-19-17-23(2)18-20-27)32(41)38-28(34(43)45-36(5,6)7)22-26-15-13-12-14-16-26/h12-20,24-25,28-31H,11,21-22H2,1-10H3,(H,38,41)(H,39,44). The third kappa shape index (κ3) is 10.6. The van der Waals surface area contributed by atoms with Gasteiger partial charge in [0.1, 0.15) is 29.3 Å². The van der Waals surface area contributed by atoms with Gasteiger partial charge in [0.2, 0.25) is 11.8 Å². The summed E-state index contributed by atoms with van der Waals surface area (Å²) in [5.74, 6) is -1.52. The number of carbonyl (C=O) groups is 4. The number of nitrogens with one attached hydrogen (secondary N) is 2. The molecule has 1 aliphatic carbocycles. The highest BCUT2D eigenvalue weighted by molar-refractivity contribution is 5.94. The lowest BCUT2D eigenvalue weighted by Gasteiger charge is -2.37. The summed E-state index contributed by atoms with van der Waals surface area (Å²) in [6.45, 7) is 18.5. The Bertz CT molecular complexity index is 1350. The zero-order valence-electron chi connectivity index (χ0n) is 29.2. The summed E-state index contributed by atoms with van der Waals surface area (Å²) in [5, 5.41) is 5.78. The molecule has 0 saturated heterocycles. The minimum Gasteiger partial charge on any atom is -0.458 e. The molecule has 1 aliphatic rings. The Labute approximate surface area is 274 Å². The van der Waals surface area contributed by atoms with Crippen molar-refractivity contribution in [1.29, 1.82) is 0 Å². The van der Waals surface area contributed by atoms with E-state index in [0.717, 1.165) is 11.1 Å². The van der Waals surface area contributed by atoms with Gasteiger partial charge in [-0.1, -0.05) is 87.4 Å². The van der Waals surface area contributed by atoms with Gasteiger partial charge in [0.15, 0.2) is 0 Å². The summed E-state index contributed by atoms with van der Waals surface area (Å²) in [6.07, 6.45) is 0.838. The largest absolute Gasteiger partial charge is 0.458 e. The van der Waals surface area contributed by atoms with Crippen LogP contribution in [0.4, 0.5) is 4.79 Å².